The van der Waals surface area contributed by atoms with E-state index in [-0.39, 0.29) is 11.5 Å². The molecule has 0 saturated heterocycles. The van der Waals surface area contributed by atoms with Gasteiger partial charge >= 0.3 is 5.69 Å². The molecule has 8 nitrogen and oxygen atoms in total. The van der Waals surface area contributed by atoms with Gasteiger partial charge in [0.05, 0.1) is 4.92 Å². The molecule has 0 aliphatic rings. The lowest BCUT2D eigenvalue weighted by atomic mass is 10.2. The van der Waals surface area contributed by atoms with Gasteiger partial charge in [-0.25, -0.2) is 4.98 Å². The molecule has 2 N–H and O–H groups in total. The number of nitrogens with one attached hydrogen (secondary N) is 2. The summed E-state index contributed by atoms with van der Waals surface area (Å²) in [5.74, 6) is 0.579. The highest BCUT2D eigenvalue weighted by Crippen LogP contribution is 2.26. The SMILES string of the molecule is CNc1nc(C)c([N+](=O)[O-])c(NCCc2ccncc2)n1. The van der Waals surface area contributed by atoms with Gasteiger partial charge in [0.1, 0.15) is 5.69 Å². The van der Waals surface area contributed by atoms with Crippen molar-refractivity contribution in [3.05, 3.63) is 45.9 Å². The Labute approximate surface area is 121 Å². The predicted octanol–water partition coefficient (Wildman–Crippen LogP) is 1.78. The van der Waals surface area contributed by atoms with Crippen molar-refractivity contribution in [2.24, 2.45) is 0 Å². The van der Waals surface area contributed by atoms with Crippen LogP contribution in [0.5, 0.6) is 0 Å². The molecule has 0 saturated carbocycles. The van der Waals surface area contributed by atoms with Crippen LogP contribution in [0.3, 0.4) is 0 Å². The van der Waals surface area contributed by atoms with Crippen molar-refractivity contribution in [3.63, 3.8) is 0 Å². The molecular formula is C13H16N6O2. The molecule has 2 heterocycles. The molecule has 2 rings (SSSR count). The standard InChI is InChI=1S/C13H16N6O2/c1-9-11(19(20)21)12(18-13(14-2)17-9)16-8-5-10-3-6-15-7-4-10/h3-4,6-7H,5,8H2,1-2H3,(H2,14,16,17,18). The molecule has 8 heteroatoms. The van der Waals surface area contributed by atoms with E-state index in [1.807, 2.05) is 12.1 Å². The second-order valence-corrected chi connectivity index (χ2v) is 4.37. The fourth-order valence-corrected chi connectivity index (χ4v) is 1.90. The number of hydrogen-bond acceptors (Lipinski definition) is 7. The smallest absolute Gasteiger partial charge is 0.332 e. The normalized spacial score (nSPS) is 10.2. The summed E-state index contributed by atoms with van der Waals surface area (Å²) in [5, 5.41) is 16.9. The minimum atomic E-state index is -0.469. The van der Waals surface area contributed by atoms with E-state index in [4.69, 9.17) is 0 Å². The third-order valence-electron chi connectivity index (χ3n) is 2.92. The third kappa shape index (κ3) is 3.62. The molecule has 0 spiro atoms. The number of pyridine rings is 1. The second-order valence-electron chi connectivity index (χ2n) is 4.37. The fourth-order valence-electron chi connectivity index (χ4n) is 1.90. The average Bonchev–Trinajstić information content (AvgIpc) is 2.47. The first-order valence-corrected chi connectivity index (χ1v) is 6.45. The van der Waals surface area contributed by atoms with Crippen LogP contribution in [-0.4, -0.2) is 33.5 Å². The molecule has 0 aliphatic carbocycles. The van der Waals surface area contributed by atoms with Crippen molar-refractivity contribution in [2.75, 3.05) is 24.2 Å². The Morgan fingerprint density at radius 2 is 2.00 bits per heavy atom. The number of hydrogen-bond donors (Lipinski definition) is 2. The number of aryl methyl sites for hydroxylation is 1. The Bertz CT molecular complexity index is 632. The van der Waals surface area contributed by atoms with Crippen LogP contribution in [0.2, 0.25) is 0 Å². The van der Waals surface area contributed by atoms with Crippen LogP contribution < -0.4 is 10.6 Å². The van der Waals surface area contributed by atoms with E-state index in [9.17, 15) is 10.1 Å². The van der Waals surface area contributed by atoms with E-state index in [0.717, 1.165) is 12.0 Å². The monoisotopic (exact) mass is 288 g/mol. The van der Waals surface area contributed by atoms with Crippen LogP contribution in [0.1, 0.15) is 11.3 Å². The summed E-state index contributed by atoms with van der Waals surface area (Å²) in [6.45, 7) is 2.12. The van der Waals surface area contributed by atoms with Gasteiger partial charge < -0.3 is 10.6 Å². The molecular weight excluding hydrogens is 272 g/mol. The maximum atomic E-state index is 11.1. The molecule has 0 atom stereocenters. The topological polar surface area (TPSA) is 106 Å². The molecule has 2 aromatic rings. The van der Waals surface area contributed by atoms with E-state index in [2.05, 4.69) is 25.6 Å². The first-order chi connectivity index (χ1) is 10.1. The molecule has 0 aliphatic heterocycles. The highest BCUT2D eigenvalue weighted by atomic mass is 16.6. The number of rotatable bonds is 6. The van der Waals surface area contributed by atoms with Crippen molar-refractivity contribution in [1.29, 1.82) is 0 Å². The Morgan fingerprint density at radius 1 is 1.29 bits per heavy atom. The van der Waals surface area contributed by atoms with Gasteiger partial charge in [-0.05, 0) is 31.0 Å². The summed E-state index contributed by atoms with van der Waals surface area (Å²) >= 11 is 0. The van der Waals surface area contributed by atoms with Crippen LogP contribution >= 0.6 is 0 Å². The van der Waals surface area contributed by atoms with Crippen LogP contribution in [0.15, 0.2) is 24.5 Å². The lowest BCUT2D eigenvalue weighted by molar-refractivity contribution is -0.385. The highest BCUT2D eigenvalue weighted by Gasteiger charge is 2.21. The quantitative estimate of drug-likeness (QED) is 0.616. The molecule has 0 aromatic carbocycles. The van der Waals surface area contributed by atoms with Gasteiger partial charge in [-0.3, -0.25) is 15.1 Å². The van der Waals surface area contributed by atoms with Crippen LogP contribution in [0.4, 0.5) is 17.5 Å². The van der Waals surface area contributed by atoms with Gasteiger partial charge in [0.15, 0.2) is 0 Å². The van der Waals surface area contributed by atoms with Gasteiger partial charge in [0, 0.05) is 26.0 Å². The zero-order valence-corrected chi connectivity index (χ0v) is 11.8. The molecule has 0 fully saturated rings. The maximum Gasteiger partial charge on any atom is 0.332 e. The van der Waals surface area contributed by atoms with E-state index in [0.29, 0.717) is 18.2 Å². The lowest BCUT2D eigenvalue weighted by Gasteiger charge is -2.09. The van der Waals surface area contributed by atoms with Gasteiger partial charge in [-0.1, -0.05) is 0 Å². The summed E-state index contributed by atoms with van der Waals surface area (Å²) in [6.07, 6.45) is 4.15. The number of nitro groups is 1. The highest BCUT2D eigenvalue weighted by molar-refractivity contribution is 5.60. The number of nitrogens with zero attached hydrogens (tertiary/aromatic N) is 4. The van der Waals surface area contributed by atoms with Crippen molar-refractivity contribution in [2.45, 2.75) is 13.3 Å². The maximum absolute atomic E-state index is 11.1. The van der Waals surface area contributed by atoms with Gasteiger partial charge in [0.2, 0.25) is 11.8 Å². The Balaban J connectivity index is 2.14. The first-order valence-electron chi connectivity index (χ1n) is 6.45. The van der Waals surface area contributed by atoms with Gasteiger partial charge in [-0.2, -0.15) is 4.98 Å². The largest absolute Gasteiger partial charge is 0.364 e. The fraction of sp³-hybridized carbons (Fsp3) is 0.308. The molecule has 2 aromatic heterocycles. The molecule has 0 unspecified atom stereocenters. The summed E-state index contributed by atoms with van der Waals surface area (Å²) in [4.78, 5) is 22.8. The van der Waals surface area contributed by atoms with Crippen LogP contribution in [0.25, 0.3) is 0 Å². The molecule has 21 heavy (non-hydrogen) atoms. The Hall–Kier alpha value is -2.77. The van der Waals surface area contributed by atoms with Crippen LogP contribution in [0, 0.1) is 17.0 Å². The van der Waals surface area contributed by atoms with Crippen molar-refractivity contribution in [3.8, 4) is 0 Å². The Kier molecular flexibility index (Phi) is 4.60. The third-order valence-corrected chi connectivity index (χ3v) is 2.92. The average molecular weight is 288 g/mol. The predicted molar refractivity (Wildman–Crippen MR) is 79.4 cm³/mol. The first kappa shape index (κ1) is 14.6. The van der Waals surface area contributed by atoms with E-state index < -0.39 is 4.92 Å². The Morgan fingerprint density at radius 3 is 2.62 bits per heavy atom. The zero-order chi connectivity index (χ0) is 15.2. The summed E-state index contributed by atoms with van der Waals surface area (Å²) in [5.41, 5.74) is 1.33. The van der Waals surface area contributed by atoms with Gasteiger partial charge in [-0.15, -0.1) is 0 Å². The van der Waals surface area contributed by atoms with Crippen LogP contribution in [-0.2, 0) is 6.42 Å². The summed E-state index contributed by atoms with van der Waals surface area (Å²) in [7, 11) is 1.67. The van der Waals surface area contributed by atoms with Gasteiger partial charge in [0.25, 0.3) is 0 Å². The molecule has 0 amide bonds. The molecule has 0 radical (unpaired) electrons. The van der Waals surface area contributed by atoms with E-state index in [1.54, 1.807) is 26.4 Å². The van der Waals surface area contributed by atoms with Crippen molar-refractivity contribution >= 4 is 17.5 Å². The van der Waals surface area contributed by atoms with E-state index in [1.165, 1.54) is 0 Å². The van der Waals surface area contributed by atoms with Crippen molar-refractivity contribution in [1.82, 2.24) is 15.0 Å². The minimum absolute atomic E-state index is 0.0938. The second kappa shape index (κ2) is 6.60. The summed E-state index contributed by atoms with van der Waals surface area (Å²) < 4.78 is 0. The molecule has 110 valence electrons. The van der Waals surface area contributed by atoms with E-state index >= 15 is 0 Å². The van der Waals surface area contributed by atoms with Crippen molar-refractivity contribution < 1.29 is 4.92 Å². The molecule has 0 bridgehead atoms. The lowest BCUT2D eigenvalue weighted by Crippen LogP contribution is -2.12. The minimum Gasteiger partial charge on any atom is -0.364 e. The summed E-state index contributed by atoms with van der Waals surface area (Å²) in [6, 6.07) is 3.81. The zero-order valence-electron chi connectivity index (χ0n) is 11.8. The number of aromatic nitrogens is 3. The number of anilines is 2.